The van der Waals surface area contributed by atoms with Gasteiger partial charge in [0.2, 0.25) is 0 Å². The van der Waals surface area contributed by atoms with E-state index in [0.29, 0.717) is 17.1 Å². The second-order valence-electron chi connectivity index (χ2n) is 8.92. The predicted octanol–water partition coefficient (Wildman–Crippen LogP) is 1.81. The standard InChI is InChI=1S/C24H25N2O10PS/c1-33-11-3-5-13-15(7-11)16-8-12(34-2)4-6-14(16)19(13)17-9-26(24(29)25-22(17)38)23-21(28)20(27)18(36-23)10-35-37(30,31)32/h3-9,18-21,23,27-28H,10H2,1-2H3,(H,25,29,38)(H2,30,31,32)/t18-,20-,21-,23-/m1/s1. The van der Waals surface area contributed by atoms with Gasteiger partial charge in [0.15, 0.2) is 6.23 Å². The molecule has 1 aliphatic heterocycles. The largest absolute Gasteiger partial charge is 0.497 e. The fraction of sp³-hybridized carbons (Fsp3) is 0.333. The van der Waals surface area contributed by atoms with Gasteiger partial charge in [-0.2, -0.15) is 0 Å². The van der Waals surface area contributed by atoms with E-state index in [0.717, 1.165) is 26.8 Å². The number of fused-ring (bicyclic) bond motifs is 3. The molecule has 0 spiro atoms. The Morgan fingerprint density at radius 1 is 1.00 bits per heavy atom. The summed E-state index contributed by atoms with van der Waals surface area (Å²) in [6.45, 7) is -0.698. The summed E-state index contributed by atoms with van der Waals surface area (Å²) in [7, 11) is -1.70. The van der Waals surface area contributed by atoms with Crippen LogP contribution in [0.3, 0.4) is 0 Å². The molecule has 0 saturated carbocycles. The maximum atomic E-state index is 12.9. The van der Waals surface area contributed by atoms with Crippen molar-refractivity contribution in [2.45, 2.75) is 30.5 Å². The average molecular weight is 565 g/mol. The van der Waals surface area contributed by atoms with Gasteiger partial charge in [-0.25, -0.2) is 9.36 Å². The molecule has 12 nitrogen and oxygen atoms in total. The van der Waals surface area contributed by atoms with Crippen LogP contribution in [0.2, 0.25) is 0 Å². The molecular weight excluding hydrogens is 539 g/mol. The molecule has 0 amide bonds. The maximum absolute atomic E-state index is 12.9. The lowest BCUT2D eigenvalue weighted by Crippen LogP contribution is -2.36. The number of nitrogens with one attached hydrogen (secondary N) is 1. The molecule has 3 aromatic rings. The van der Waals surface area contributed by atoms with Crippen molar-refractivity contribution in [3.05, 3.63) is 74.4 Å². The van der Waals surface area contributed by atoms with Crippen molar-refractivity contribution in [2.75, 3.05) is 20.8 Å². The summed E-state index contributed by atoms with van der Waals surface area (Å²) in [4.78, 5) is 33.5. The number of aromatic nitrogens is 2. The Bertz CT molecular complexity index is 1500. The first-order valence-electron chi connectivity index (χ1n) is 11.5. The van der Waals surface area contributed by atoms with Gasteiger partial charge in [0, 0.05) is 17.7 Å². The summed E-state index contributed by atoms with van der Waals surface area (Å²) in [6, 6.07) is 11.3. The minimum atomic E-state index is -4.85. The molecule has 2 aliphatic rings. The molecule has 0 bridgehead atoms. The van der Waals surface area contributed by atoms with Crippen molar-refractivity contribution in [1.82, 2.24) is 9.55 Å². The van der Waals surface area contributed by atoms with Gasteiger partial charge in [0.1, 0.15) is 34.5 Å². The summed E-state index contributed by atoms with van der Waals surface area (Å²) < 4.78 is 33.2. The number of hydrogen-bond acceptors (Lipinski definition) is 9. The lowest BCUT2D eigenvalue weighted by atomic mass is 9.91. The van der Waals surface area contributed by atoms with E-state index in [9.17, 15) is 19.6 Å². The Morgan fingerprint density at radius 3 is 2.11 bits per heavy atom. The molecule has 0 radical (unpaired) electrons. The summed E-state index contributed by atoms with van der Waals surface area (Å²) in [5, 5.41) is 21.0. The van der Waals surface area contributed by atoms with Crippen LogP contribution in [-0.2, 0) is 13.8 Å². The van der Waals surface area contributed by atoms with Crippen LogP contribution in [0.1, 0.15) is 28.8 Å². The molecule has 1 aliphatic carbocycles. The first-order chi connectivity index (χ1) is 18.0. The molecule has 4 atom stereocenters. The molecule has 1 aromatic heterocycles. The van der Waals surface area contributed by atoms with Crippen LogP contribution < -0.4 is 15.2 Å². The minimum Gasteiger partial charge on any atom is -0.497 e. The third-order valence-corrected chi connectivity index (χ3v) is 7.58. The van der Waals surface area contributed by atoms with Gasteiger partial charge < -0.3 is 34.2 Å². The first-order valence-corrected chi connectivity index (χ1v) is 13.4. The molecule has 5 rings (SSSR count). The molecular formula is C24H25N2O10PS. The number of H-pyrrole nitrogens is 1. The lowest BCUT2D eigenvalue weighted by Gasteiger charge is -2.21. The Morgan fingerprint density at radius 2 is 1.58 bits per heavy atom. The van der Waals surface area contributed by atoms with Gasteiger partial charge in [-0.3, -0.25) is 14.1 Å². The molecule has 5 N–H and O–H groups in total. The maximum Gasteiger partial charge on any atom is 0.469 e. The predicted molar refractivity (Wildman–Crippen MR) is 136 cm³/mol. The number of nitrogens with zero attached hydrogens (tertiary/aromatic N) is 1. The average Bonchev–Trinajstić information content (AvgIpc) is 3.35. The van der Waals surface area contributed by atoms with Gasteiger partial charge in [0.05, 0.1) is 20.8 Å². The van der Waals surface area contributed by atoms with Gasteiger partial charge in [-0.15, -0.1) is 0 Å². The van der Waals surface area contributed by atoms with E-state index in [1.54, 1.807) is 14.2 Å². The normalized spacial score (nSPS) is 22.8. The number of aliphatic hydroxyl groups is 2. The van der Waals surface area contributed by atoms with Crippen LogP contribution in [-0.4, -0.2) is 68.7 Å². The number of phosphoric ester groups is 1. The number of rotatable bonds is 7. The second-order valence-corrected chi connectivity index (χ2v) is 10.6. The summed E-state index contributed by atoms with van der Waals surface area (Å²) in [5.74, 6) is 0.923. The molecule has 2 aromatic carbocycles. The fourth-order valence-corrected chi connectivity index (χ4v) is 5.56. The number of aliphatic hydroxyl groups excluding tert-OH is 2. The fourth-order valence-electron chi connectivity index (χ4n) is 4.96. The number of hydrogen-bond donors (Lipinski definition) is 5. The molecule has 1 fully saturated rings. The van der Waals surface area contributed by atoms with Gasteiger partial charge in [0.25, 0.3) is 0 Å². The number of phosphoric acid groups is 1. The highest BCUT2D eigenvalue weighted by atomic mass is 32.1. The van der Waals surface area contributed by atoms with Gasteiger partial charge in [-0.05, 0) is 46.5 Å². The third kappa shape index (κ3) is 4.72. The highest BCUT2D eigenvalue weighted by Gasteiger charge is 2.45. The van der Waals surface area contributed by atoms with Crippen LogP contribution in [0.4, 0.5) is 0 Å². The zero-order valence-electron chi connectivity index (χ0n) is 20.2. The first kappa shape index (κ1) is 26.7. The Hall–Kier alpha value is -2.87. The lowest BCUT2D eigenvalue weighted by molar-refractivity contribution is -0.0543. The van der Waals surface area contributed by atoms with Crippen molar-refractivity contribution in [2.24, 2.45) is 0 Å². The number of benzene rings is 2. The second kappa shape index (κ2) is 10.0. The van der Waals surface area contributed by atoms with Crippen molar-refractivity contribution in [3.8, 4) is 22.6 Å². The smallest absolute Gasteiger partial charge is 0.469 e. The molecule has 2 heterocycles. The van der Waals surface area contributed by atoms with E-state index in [1.807, 2.05) is 36.4 Å². The van der Waals surface area contributed by atoms with Crippen LogP contribution in [0, 0.1) is 4.64 Å². The topological polar surface area (TPSA) is 173 Å². The van der Waals surface area contributed by atoms with E-state index in [4.69, 9.17) is 36.2 Å². The number of aromatic amines is 1. The quantitative estimate of drug-likeness (QED) is 0.164. The monoisotopic (exact) mass is 564 g/mol. The molecule has 0 unspecified atom stereocenters. The zero-order valence-corrected chi connectivity index (χ0v) is 21.9. The Balaban J connectivity index is 1.59. The van der Waals surface area contributed by atoms with Crippen molar-refractivity contribution in [3.63, 3.8) is 0 Å². The SMILES string of the molecule is COc1ccc2c(c1)-c1cc(OC)ccc1C2c1cn([C@@H]2O[C@H](COP(=O)(O)O)[C@@H](O)[C@H]2O)c(=O)[nH]c1=S. The molecule has 1 saturated heterocycles. The van der Waals surface area contributed by atoms with Crippen LogP contribution >= 0.6 is 20.0 Å². The molecule has 38 heavy (non-hydrogen) atoms. The Labute approximate surface area is 221 Å². The summed E-state index contributed by atoms with van der Waals surface area (Å²) >= 11 is 5.55. The number of ether oxygens (including phenoxy) is 3. The summed E-state index contributed by atoms with van der Waals surface area (Å²) in [5.41, 5.74) is 3.44. The van der Waals surface area contributed by atoms with Gasteiger partial charge in [-0.1, -0.05) is 24.4 Å². The van der Waals surface area contributed by atoms with E-state index < -0.39 is 50.6 Å². The minimum absolute atomic E-state index is 0.177. The third-order valence-electron chi connectivity index (χ3n) is 6.76. The van der Waals surface area contributed by atoms with Crippen LogP contribution in [0.25, 0.3) is 11.1 Å². The summed E-state index contributed by atoms with van der Waals surface area (Å²) in [6.07, 6.45) is -4.37. The zero-order chi connectivity index (χ0) is 27.4. The van der Waals surface area contributed by atoms with E-state index >= 15 is 0 Å². The molecule has 202 valence electrons. The highest BCUT2D eigenvalue weighted by Crippen LogP contribution is 2.50. The van der Waals surface area contributed by atoms with Crippen molar-refractivity contribution < 1.29 is 43.3 Å². The van der Waals surface area contributed by atoms with E-state index in [1.165, 1.54) is 6.20 Å². The highest BCUT2D eigenvalue weighted by molar-refractivity contribution is 7.71. The van der Waals surface area contributed by atoms with Crippen molar-refractivity contribution >= 4 is 20.0 Å². The number of methoxy groups -OCH3 is 2. The van der Waals surface area contributed by atoms with Gasteiger partial charge >= 0.3 is 13.5 Å². The van der Waals surface area contributed by atoms with E-state index in [-0.39, 0.29) is 4.64 Å². The van der Waals surface area contributed by atoms with E-state index in [2.05, 4.69) is 9.51 Å². The Kier molecular flexibility index (Phi) is 7.05. The van der Waals surface area contributed by atoms with Crippen molar-refractivity contribution in [1.29, 1.82) is 0 Å². The van der Waals surface area contributed by atoms with Crippen LogP contribution in [0.15, 0.2) is 47.4 Å². The van der Waals surface area contributed by atoms with Crippen LogP contribution in [0.5, 0.6) is 11.5 Å². The molecule has 14 heteroatoms.